The van der Waals surface area contributed by atoms with Gasteiger partial charge in [-0.25, -0.2) is 4.98 Å². The third-order valence-electron chi connectivity index (χ3n) is 7.49. The summed E-state index contributed by atoms with van der Waals surface area (Å²) in [5.74, 6) is 0.534. The number of hydrogen-bond acceptors (Lipinski definition) is 7. The lowest BCUT2D eigenvalue weighted by Crippen LogP contribution is -2.35. The maximum absolute atomic E-state index is 13.8. The van der Waals surface area contributed by atoms with Gasteiger partial charge in [-0.15, -0.1) is 0 Å². The Kier molecular flexibility index (Phi) is 8.70. The lowest BCUT2D eigenvalue weighted by atomic mass is 9.98. The molecule has 0 spiro atoms. The fraction of sp³-hybridized carbons (Fsp3) is 0.312. The summed E-state index contributed by atoms with van der Waals surface area (Å²) >= 11 is 6.36. The largest absolute Gasteiger partial charge is 0.495 e. The normalized spacial score (nSPS) is 12.4. The maximum atomic E-state index is 13.8. The summed E-state index contributed by atoms with van der Waals surface area (Å²) in [6, 6.07) is 11.3. The van der Waals surface area contributed by atoms with Crippen LogP contribution in [0.15, 0.2) is 76.7 Å². The number of rotatable bonds is 11. The third kappa shape index (κ3) is 6.65. The second-order valence-electron chi connectivity index (χ2n) is 10.9. The highest BCUT2D eigenvalue weighted by Crippen LogP contribution is 2.38. The SMILES string of the molecule is CCC(C)(C)OCCC(C(=O)Nc1ccc2nn(C)cc2c1)n1cc(OC)c(-c2cc(Cl)ccc2-c2cnco2)cc1=O. The Morgan fingerprint density at radius 3 is 2.65 bits per heavy atom. The Labute approximate surface area is 254 Å². The fourth-order valence-corrected chi connectivity index (χ4v) is 5.02. The van der Waals surface area contributed by atoms with Gasteiger partial charge in [0.15, 0.2) is 12.2 Å². The van der Waals surface area contributed by atoms with Gasteiger partial charge in [0.2, 0.25) is 5.91 Å². The van der Waals surface area contributed by atoms with Crippen LogP contribution >= 0.6 is 11.6 Å². The number of hydrogen-bond donors (Lipinski definition) is 1. The van der Waals surface area contributed by atoms with Crippen molar-refractivity contribution in [3.05, 3.63) is 82.8 Å². The summed E-state index contributed by atoms with van der Waals surface area (Å²) in [4.78, 5) is 31.6. The number of carbonyl (C=O) groups excluding carboxylic acids is 1. The van der Waals surface area contributed by atoms with Crippen molar-refractivity contribution < 1.29 is 18.7 Å². The van der Waals surface area contributed by atoms with E-state index in [1.165, 1.54) is 24.1 Å². The Hall–Kier alpha value is -4.41. The molecule has 0 aliphatic carbocycles. The molecule has 1 atom stereocenters. The third-order valence-corrected chi connectivity index (χ3v) is 7.73. The van der Waals surface area contributed by atoms with Gasteiger partial charge < -0.3 is 19.2 Å². The zero-order valence-corrected chi connectivity index (χ0v) is 25.5. The van der Waals surface area contributed by atoms with E-state index >= 15 is 0 Å². The van der Waals surface area contributed by atoms with E-state index < -0.39 is 11.6 Å². The molecule has 5 rings (SSSR count). The summed E-state index contributed by atoms with van der Waals surface area (Å²) in [6.07, 6.45) is 7.40. The van der Waals surface area contributed by atoms with Crippen LogP contribution in [0.4, 0.5) is 5.69 Å². The van der Waals surface area contributed by atoms with Gasteiger partial charge in [-0.1, -0.05) is 18.5 Å². The van der Waals surface area contributed by atoms with Crippen molar-refractivity contribution in [2.45, 2.75) is 45.3 Å². The molecule has 5 aromatic rings. The van der Waals surface area contributed by atoms with E-state index in [0.29, 0.717) is 38.9 Å². The summed E-state index contributed by atoms with van der Waals surface area (Å²) in [7, 11) is 3.35. The quantitative estimate of drug-likeness (QED) is 0.183. The zero-order valence-electron chi connectivity index (χ0n) is 24.8. The van der Waals surface area contributed by atoms with Crippen LogP contribution in [-0.4, -0.2) is 44.6 Å². The molecule has 3 heterocycles. The average Bonchev–Trinajstić information content (AvgIpc) is 3.64. The molecule has 0 aliphatic rings. The average molecular weight is 604 g/mol. The van der Waals surface area contributed by atoms with Gasteiger partial charge >= 0.3 is 0 Å². The molecule has 0 fully saturated rings. The van der Waals surface area contributed by atoms with Crippen molar-refractivity contribution in [3.63, 3.8) is 0 Å². The Balaban J connectivity index is 1.54. The van der Waals surface area contributed by atoms with Crippen molar-refractivity contribution in [2.75, 3.05) is 19.0 Å². The molecular weight excluding hydrogens is 570 g/mol. The van der Waals surface area contributed by atoms with Crippen molar-refractivity contribution in [3.8, 4) is 28.2 Å². The molecule has 0 bridgehead atoms. The van der Waals surface area contributed by atoms with Crippen LogP contribution < -0.4 is 15.6 Å². The molecule has 1 unspecified atom stereocenters. The molecule has 0 saturated heterocycles. The van der Waals surface area contributed by atoms with E-state index in [0.717, 1.165) is 17.3 Å². The molecule has 0 radical (unpaired) electrons. The molecule has 10 nitrogen and oxygen atoms in total. The number of carbonyl (C=O) groups is 1. The summed E-state index contributed by atoms with van der Waals surface area (Å²) < 4.78 is 20.5. The number of methoxy groups -OCH3 is 1. The summed E-state index contributed by atoms with van der Waals surface area (Å²) in [6.45, 7) is 6.29. The molecule has 3 aromatic heterocycles. The van der Waals surface area contributed by atoms with Gasteiger partial charge in [0.1, 0.15) is 11.8 Å². The minimum Gasteiger partial charge on any atom is -0.495 e. The molecular formula is C32H34ClN5O5. The van der Waals surface area contributed by atoms with Gasteiger partial charge in [-0.2, -0.15) is 5.10 Å². The highest BCUT2D eigenvalue weighted by atomic mass is 35.5. The molecule has 43 heavy (non-hydrogen) atoms. The first kappa shape index (κ1) is 30.1. The van der Waals surface area contributed by atoms with Crippen LogP contribution in [0.5, 0.6) is 5.75 Å². The molecule has 0 aliphatic heterocycles. The van der Waals surface area contributed by atoms with E-state index in [9.17, 15) is 9.59 Å². The number of fused-ring (bicyclic) bond motifs is 1. The number of ether oxygens (including phenoxy) is 2. The number of halogens is 1. The molecule has 11 heteroatoms. The van der Waals surface area contributed by atoms with Crippen LogP contribution in [0, 0.1) is 0 Å². The number of amides is 1. The first-order valence-electron chi connectivity index (χ1n) is 14.0. The number of pyridine rings is 1. The number of anilines is 1. The highest BCUT2D eigenvalue weighted by molar-refractivity contribution is 6.31. The van der Waals surface area contributed by atoms with E-state index in [-0.39, 0.29) is 24.5 Å². The summed E-state index contributed by atoms with van der Waals surface area (Å²) in [5.41, 5.74) is 2.46. The number of aryl methyl sites for hydroxylation is 1. The fourth-order valence-electron chi connectivity index (χ4n) is 4.85. The number of nitrogens with zero attached hydrogens (tertiary/aromatic N) is 4. The summed E-state index contributed by atoms with van der Waals surface area (Å²) in [5, 5.41) is 8.73. The lowest BCUT2D eigenvalue weighted by molar-refractivity contribution is -0.120. The van der Waals surface area contributed by atoms with Crippen LogP contribution in [0.25, 0.3) is 33.4 Å². The van der Waals surface area contributed by atoms with Crippen molar-refractivity contribution in [1.29, 1.82) is 0 Å². The number of aromatic nitrogens is 4. The van der Waals surface area contributed by atoms with Crippen LogP contribution in [-0.2, 0) is 16.6 Å². The predicted molar refractivity (Wildman–Crippen MR) is 167 cm³/mol. The lowest BCUT2D eigenvalue weighted by Gasteiger charge is -2.26. The second-order valence-corrected chi connectivity index (χ2v) is 11.3. The minimum absolute atomic E-state index is 0.257. The Morgan fingerprint density at radius 2 is 1.93 bits per heavy atom. The minimum atomic E-state index is -0.888. The molecule has 1 N–H and O–H groups in total. The number of nitrogens with one attached hydrogen (secondary N) is 1. The van der Waals surface area contributed by atoms with E-state index in [4.69, 9.17) is 25.5 Å². The van der Waals surface area contributed by atoms with Gasteiger partial charge in [0, 0.05) is 59.6 Å². The standard InChI is InChI=1S/C32H34ClN5O5/c1-6-32(2,3)43-12-11-27(31(40)35-22-8-10-26-20(13-22)17-37(4)36-26)38-18-29(41-5)25(15-30(38)39)24-14-21(33)7-9-23(24)28-16-34-19-42-28/h7-10,13-19,27H,6,11-12H2,1-5H3,(H,35,40). The number of oxazole rings is 1. The van der Waals surface area contributed by atoms with Crippen molar-refractivity contribution >= 4 is 34.1 Å². The second kappa shape index (κ2) is 12.4. The van der Waals surface area contributed by atoms with Gasteiger partial charge in [-0.3, -0.25) is 18.8 Å². The first-order chi connectivity index (χ1) is 20.6. The van der Waals surface area contributed by atoms with Gasteiger partial charge in [-0.05, 0) is 62.2 Å². The maximum Gasteiger partial charge on any atom is 0.252 e. The molecule has 2 aromatic carbocycles. The molecule has 0 saturated carbocycles. The zero-order chi connectivity index (χ0) is 30.7. The highest BCUT2D eigenvalue weighted by Gasteiger charge is 2.26. The van der Waals surface area contributed by atoms with Crippen LogP contribution in [0.2, 0.25) is 5.02 Å². The van der Waals surface area contributed by atoms with Crippen LogP contribution in [0.1, 0.15) is 39.7 Å². The van der Waals surface area contributed by atoms with Gasteiger partial charge in [0.05, 0.1) is 30.6 Å². The Bertz CT molecular complexity index is 1810. The predicted octanol–water partition coefficient (Wildman–Crippen LogP) is 6.49. The number of benzene rings is 2. The van der Waals surface area contributed by atoms with Crippen LogP contribution in [0.3, 0.4) is 0 Å². The van der Waals surface area contributed by atoms with E-state index in [1.807, 2.05) is 46.1 Å². The molecule has 1 amide bonds. The first-order valence-corrected chi connectivity index (χ1v) is 14.3. The van der Waals surface area contributed by atoms with E-state index in [2.05, 4.69) is 15.4 Å². The molecule has 224 valence electrons. The smallest absolute Gasteiger partial charge is 0.252 e. The monoisotopic (exact) mass is 603 g/mol. The topological polar surface area (TPSA) is 113 Å². The van der Waals surface area contributed by atoms with Crippen molar-refractivity contribution in [2.24, 2.45) is 7.05 Å². The van der Waals surface area contributed by atoms with Crippen molar-refractivity contribution in [1.82, 2.24) is 19.3 Å². The van der Waals surface area contributed by atoms with Gasteiger partial charge in [0.25, 0.3) is 5.56 Å². The Morgan fingerprint density at radius 1 is 1.12 bits per heavy atom. The van der Waals surface area contributed by atoms with E-state index in [1.54, 1.807) is 41.3 Å².